The molecule has 8 nitrogen and oxygen atoms in total. The number of thiophene rings is 1. The van der Waals surface area contributed by atoms with Gasteiger partial charge in [-0.05, 0) is 11.4 Å². The van der Waals surface area contributed by atoms with Crippen molar-refractivity contribution in [3.05, 3.63) is 22.4 Å². The van der Waals surface area contributed by atoms with E-state index >= 15 is 0 Å². The summed E-state index contributed by atoms with van der Waals surface area (Å²) >= 11 is 1.48. The fraction of sp³-hybridized carbons (Fsp3) is 0. The van der Waals surface area contributed by atoms with Crippen LogP contribution >= 0.6 is 23.7 Å². The average Bonchev–Trinajstić information content (AvgIpc) is 2.12. The van der Waals surface area contributed by atoms with Crippen molar-refractivity contribution in [2.75, 3.05) is 0 Å². The van der Waals surface area contributed by atoms with E-state index in [4.69, 9.17) is 11.1 Å². The minimum Gasteiger partial charge on any atom is -0.412 e. The van der Waals surface area contributed by atoms with Crippen LogP contribution in [0.15, 0.2) is 17.5 Å². The Labute approximate surface area is 96.5 Å². The molecule has 1 aromatic heterocycles. The maximum Gasteiger partial charge on any atom is 0.133 e. The van der Waals surface area contributed by atoms with Gasteiger partial charge in [0.25, 0.3) is 0 Å². The highest BCUT2D eigenvalue weighted by Crippen LogP contribution is 2.05. The van der Waals surface area contributed by atoms with Gasteiger partial charge in [0.15, 0.2) is 0 Å². The minimum absolute atomic E-state index is 0. The van der Waals surface area contributed by atoms with Crippen LogP contribution in [-0.2, 0) is 0 Å². The number of nitrogens with one attached hydrogen (secondary N) is 1. The molecule has 1 heterocycles. The van der Waals surface area contributed by atoms with Gasteiger partial charge < -0.3 is 38.6 Å². The van der Waals surface area contributed by atoms with Gasteiger partial charge in [0.05, 0.1) is 4.88 Å². The predicted molar refractivity (Wildman–Crippen MR) is 64.3 cm³/mol. The first-order valence-corrected chi connectivity index (χ1v) is 3.06. The molecule has 0 atom stereocenters. The molecule has 0 radical (unpaired) electrons. The molecule has 0 bridgehead atoms. The second kappa shape index (κ2) is 23.2. The SMILES string of the molecule is Cl.N=C(N)c1cccs1.O.O.O.O.O.O. The number of halogens is 1. The smallest absolute Gasteiger partial charge is 0.133 e. The Hall–Kier alpha value is -0.780. The molecule has 15 heavy (non-hydrogen) atoms. The summed E-state index contributed by atoms with van der Waals surface area (Å²) in [6.45, 7) is 0. The van der Waals surface area contributed by atoms with Crippen LogP contribution in [0.4, 0.5) is 0 Å². The van der Waals surface area contributed by atoms with Crippen LogP contribution in [-0.4, -0.2) is 38.7 Å². The van der Waals surface area contributed by atoms with Gasteiger partial charge in [-0.3, -0.25) is 5.41 Å². The highest BCUT2D eigenvalue weighted by molar-refractivity contribution is 7.12. The monoisotopic (exact) mass is 270 g/mol. The zero-order valence-corrected chi connectivity index (χ0v) is 9.26. The van der Waals surface area contributed by atoms with Crippen molar-refractivity contribution in [2.45, 2.75) is 0 Å². The topological polar surface area (TPSA) is 239 Å². The first kappa shape index (κ1) is 47.7. The van der Waals surface area contributed by atoms with Crippen LogP contribution in [0.25, 0.3) is 0 Å². The molecule has 1 aromatic rings. The summed E-state index contributed by atoms with van der Waals surface area (Å²) in [7, 11) is 0. The lowest BCUT2D eigenvalue weighted by Gasteiger charge is -1.84. The second-order valence-corrected chi connectivity index (χ2v) is 2.34. The molecule has 0 fully saturated rings. The van der Waals surface area contributed by atoms with Crippen LogP contribution in [0.5, 0.6) is 0 Å². The zero-order valence-electron chi connectivity index (χ0n) is 7.63. The van der Waals surface area contributed by atoms with E-state index in [0.29, 0.717) is 0 Å². The molecule has 0 unspecified atom stereocenters. The molecule has 15 N–H and O–H groups in total. The van der Waals surface area contributed by atoms with Crippen molar-refractivity contribution in [1.82, 2.24) is 0 Å². The molecule has 1 rings (SSSR count). The molecule has 0 aliphatic rings. The Bertz CT molecular complexity index is 197. The molecule has 0 aliphatic heterocycles. The Morgan fingerprint density at radius 3 is 1.60 bits per heavy atom. The number of rotatable bonds is 1. The highest BCUT2D eigenvalue weighted by Gasteiger charge is 1.92. The first-order valence-electron chi connectivity index (χ1n) is 2.18. The van der Waals surface area contributed by atoms with E-state index < -0.39 is 0 Å². The number of hydrogen-bond donors (Lipinski definition) is 2. The van der Waals surface area contributed by atoms with E-state index in [1.807, 2.05) is 17.5 Å². The Morgan fingerprint density at radius 1 is 1.07 bits per heavy atom. The highest BCUT2D eigenvalue weighted by atomic mass is 35.5. The van der Waals surface area contributed by atoms with Crippen LogP contribution < -0.4 is 5.73 Å². The Balaban J connectivity index is -0.0000000183. The fourth-order valence-electron chi connectivity index (χ4n) is 0.432. The summed E-state index contributed by atoms with van der Waals surface area (Å²) in [5, 5.41) is 8.84. The molecule has 0 saturated heterocycles. The van der Waals surface area contributed by atoms with Crippen molar-refractivity contribution in [3.63, 3.8) is 0 Å². The van der Waals surface area contributed by atoms with Crippen molar-refractivity contribution in [1.29, 1.82) is 5.41 Å². The van der Waals surface area contributed by atoms with Gasteiger partial charge in [-0.25, -0.2) is 0 Å². The molecule has 0 aromatic carbocycles. The summed E-state index contributed by atoms with van der Waals surface area (Å²) < 4.78 is 0. The lowest BCUT2D eigenvalue weighted by molar-refractivity contribution is 0.823. The third kappa shape index (κ3) is 15.9. The minimum atomic E-state index is 0. The Morgan fingerprint density at radius 2 is 1.47 bits per heavy atom. The van der Waals surface area contributed by atoms with Gasteiger partial charge >= 0.3 is 0 Å². The summed E-state index contributed by atoms with van der Waals surface area (Å²) in [5.74, 6) is 0.153. The van der Waals surface area contributed by atoms with E-state index in [1.54, 1.807) is 0 Å². The molecule has 0 spiro atoms. The van der Waals surface area contributed by atoms with Crippen LogP contribution in [0.2, 0.25) is 0 Å². The van der Waals surface area contributed by atoms with Gasteiger partial charge in [-0.15, -0.1) is 23.7 Å². The first-order chi connectivity index (χ1) is 3.80. The summed E-state index contributed by atoms with van der Waals surface area (Å²) in [6, 6.07) is 3.70. The Kier molecular flexibility index (Phi) is 73.8. The van der Waals surface area contributed by atoms with Gasteiger partial charge in [0.1, 0.15) is 5.84 Å². The van der Waals surface area contributed by atoms with E-state index in [2.05, 4.69) is 0 Å². The summed E-state index contributed by atoms with van der Waals surface area (Å²) in [4.78, 5) is 0.838. The van der Waals surface area contributed by atoms with Crippen LogP contribution in [0.1, 0.15) is 4.88 Å². The van der Waals surface area contributed by atoms with Crippen molar-refractivity contribution >= 4 is 29.6 Å². The lowest BCUT2D eigenvalue weighted by Crippen LogP contribution is -2.08. The summed E-state index contributed by atoms with van der Waals surface area (Å²) in [6.07, 6.45) is 0. The van der Waals surface area contributed by atoms with Crippen molar-refractivity contribution in [2.24, 2.45) is 5.73 Å². The van der Waals surface area contributed by atoms with Gasteiger partial charge in [-0.1, -0.05) is 6.07 Å². The van der Waals surface area contributed by atoms with Crippen molar-refractivity contribution < 1.29 is 32.9 Å². The molecule has 0 saturated carbocycles. The molecule has 0 aliphatic carbocycles. The molecule has 0 amide bonds. The van der Waals surface area contributed by atoms with Gasteiger partial charge in [0.2, 0.25) is 0 Å². The average molecular weight is 271 g/mol. The molecular weight excluding hydrogens is 252 g/mol. The molecule has 10 heteroatoms. The zero-order chi connectivity index (χ0) is 5.98. The van der Waals surface area contributed by atoms with Gasteiger partial charge in [-0.2, -0.15) is 0 Å². The second-order valence-electron chi connectivity index (χ2n) is 1.39. The van der Waals surface area contributed by atoms with E-state index in [9.17, 15) is 0 Å². The largest absolute Gasteiger partial charge is 0.412 e. The quantitative estimate of drug-likeness (QED) is 0.383. The number of hydrogen-bond acceptors (Lipinski definition) is 2. The molecular formula is C5H19ClN2O6S. The van der Waals surface area contributed by atoms with E-state index in [-0.39, 0.29) is 51.1 Å². The standard InChI is InChI=1S/C5H6N2S.ClH.6H2O/c6-5(7)4-2-1-3-8-4;;;;;;;/h1-3H,(H3,6,7);1H;6*1H2. The normalized spacial score (nSPS) is 4.80. The number of nitrogens with two attached hydrogens (primary N) is 1. The fourth-order valence-corrected chi connectivity index (χ4v) is 1.02. The van der Waals surface area contributed by atoms with E-state index in [0.717, 1.165) is 4.88 Å². The number of nitrogen functional groups attached to an aromatic ring is 1. The number of amidine groups is 1. The third-order valence-electron chi connectivity index (χ3n) is 0.787. The van der Waals surface area contributed by atoms with Crippen LogP contribution in [0, 0.1) is 5.41 Å². The molecule has 98 valence electrons. The maximum absolute atomic E-state index is 6.94. The van der Waals surface area contributed by atoms with Crippen LogP contribution in [0.3, 0.4) is 0 Å². The van der Waals surface area contributed by atoms with Crippen molar-refractivity contribution in [3.8, 4) is 0 Å². The third-order valence-corrected chi connectivity index (χ3v) is 1.69. The predicted octanol–water partition coefficient (Wildman–Crippen LogP) is -3.49. The lowest BCUT2D eigenvalue weighted by atomic mass is 10.4. The maximum atomic E-state index is 6.94. The van der Waals surface area contributed by atoms with Gasteiger partial charge in [0, 0.05) is 0 Å². The van der Waals surface area contributed by atoms with E-state index in [1.165, 1.54) is 11.3 Å². The summed E-state index contributed by atoms with van der Waals surface area (Å²) in [5.41, 5.74) is 5.15.